The monoisotopic (exact) mass is 289 g/mol. The summed E-state index contributed by atoms with van der Waals surface area (Å²) < 4.78 is 7.87. The van der Waals surface area contributed by atoms with Gasteiger partial charge >= 0.3 is 0 Å². The standard InChI is InChI=1S/C19H15NO2/c1-11-6-7-14-15(10-11)19(21)20-16-5-3-2-4-12(16)13-8-9-22-18(14)17(13)20/h2-7,10,13H,8-9H2,1H3. The van der Waals surface area contributed by atoms with Crippen LogP contribution in [-0.2, 0) is 0 Å². The summed E-state index contributed by atoms with van der Waals surface area (Å²) in [5.41, 5.74) is 4.46. The Hall–Kier alpha value is -2.55. The lowest BCUT2D eigenvalue weighted by Gasteiger charge is -2.24. The van der Waals surface area contributed by atoms with E-state index in [4.69, 9.17) is 4.74 Å². The molecule has 0 saturated heterocycles. The molecule has 1 atom stereocenters. The number of para-hydroxylation sites is 1. The number of ether oxygens (including phenoxy) is 1. The van der Waals surface area contributed by atoms with Crippen molar-refractivity contribution in [2.75, 3.05) is 6.61 Å². The van der Waals surface area contributed by atoms with Gasteiger partial charge in [-0.1, -0.05) is 35.9 Å². The van der Waals surface area contributed by atoms with Gasteiger partial charge in [-0.3, -0.25) is 9.36 Å². The Labute approximate surface area is 127 Å². The highest BCUT2D eigenvalue weighted by Gasteiger charge is 2.36. The van der Waals surface area contributed by atoms with Crippen LogP contribution in [0.25, 0.3) is 16.5 Å². The summed E-state index contributed by atoms with van der Waals surface area (Å²) in [6.45, 7) is 2.72. The summed E-state index contributed by atoms with van der Waals surface area (Å²) in [4.78, 5) is 13.1. The second kappa shape index (κ2) is 4.01. The van der Waals surface area contributed by atoms with Gasteiger partial charge in [-0.2, -0.15) is 0 Å². The van der Waals surface area contributed by atoms with E-state index in [1.165, 1.54) is 5.56 Å². The molecule has 1 aromatic heterocycles. The van der Waals surface area contributed by atoms with E-state index in [-0.39, 0.29) is 11.5 Å². The molecule has 5 rings (SSSR count). The fourth-order valence-corrected chi connectivity index (χ4v) is 3.91. The molecule has 0 radical (unpaired) electrons. The van der Waals surface area contributed by atoms with Gasteiger partial charge in [0.15, 0.2) is 0 Å². The van der Waals surface area contributed by atoms with Gasteiger partial charge in [-0.15, -0.1) is 0 Å². The van der Waals surface area contributed by atoms with Crippen molar-refractivity contribution >= 4 is 10.8 Å². The normalized spacial score (nSPS) is 18.0. The maximum atomic E-state index is 13.1. The lowest BCUT2D eigenvalue weighted by Crippen LogP contribution is -2.23. The van der Waals surface area contributed by atoms with Crippen LogP contribution in [0.15, 0.2) is 47.3 Å². The number of aryl methyl sites for hydroxylation is 1. The summed E-state index contributed by atoms with van der Waals surface area (Å²) in [7, 11) is 0. The molecule has 0 bridgehead atoms. The molecule has 0 fully saturated rings. The molecular formula is C19H15NO2. The van der Waals surface area contributed by atoms with Gasteiger partial charge in [-0.25, -0.2) is 0 Å². The molecule has 0 amide bonds. The second-order valence-electron chi connectivity index (χ2n) is 6.15. The Kier molecular flexibility index (Phi) is 2.19. The highest BCUT2D eigenvalue weighted by Crippen LogP contribution is 2.47. The van der Waals surface area contributed by atoms with E-state index in [0.717, 1.165) is 39.9 Å². The smallest absolute Gasteiger partial charge is 0.263 e. The van der Waals surface area contributed by atoms with Gasteiger partial charge in [-0.05, 0) is 31.0 Å². The summed E-state index contributed by atoms with van der Waals surface area (Å²) >= 11 is 0. The Morgan fingerprint density at radius 1 is 1.14 bits per heavy atom. The molecule has 1 unspecified atom stereocenters. The SMILES string of the molecule is Cc1ccc2c3c4n(c(=O)c2c1)-c1ccccc1C4CCO3. The zero-order valence-electron chi connectivity index (χ0n) is 12.3. The van der Waals surface area contributed by atoms with Crippen molar-refractivity contribution in [1.29, 1.82) is 0 Å². The van der Waals surface area contributed by atoms with Crippen molar-refractivity contribution in [1.82, 2.24) is 4.57 Å². The van der Waals surface area contributed by atoms with E-state index in [9.17, 15) is 4.79 Å². The van der Waals surface area contributed by atoms with Crippen LogP contribution in [0.2, 0.25) is 0 Å². The average molecular weight is 289 g/mol. The highest BCUT2D eigenvalue weighted by molar-refractivity contribution is 5.90. The highest BCUT2D eigenvalue weighted by atomic mass is 16.5. The van der Waals surface area contributed by atoms with E-state index in [0.29, 0.717) is 6.61 Å². The maximum absolute atomic E-state index is 13.1. The number of pyridine rings is 1. The van der Waals surface area contributed by atoms with Crippen molar-refractivity contribution in [3.05, 3.63) is 69.6 Å². The van der Waals surface area contributed by atoms with Crippen molar-refractivity contribution in [2.45, 2.75) is 19.3 Å². The Morgan fingerprint density at radius 3 is 2.91 bits per heavy atom. The minimum atomic E-state index is 0.0675. The first-order valence-electron chi connectivity index (χ1n) is 7.67. The molecule has 3 heterocycles. The number of nitrogens with zero attached hydrogens (tertiary/aromatic N) is 1. The van der Waals surface area contributed by atoms with Crippen LogP contribution in [0.5, 0.6) is 5.75 Å². The average Bonchev–Trinajstić information content (AvgIpc) is 2.88. The number of hydrogen-bond acceptors (Lipinski definition) is 2. The molecule has 0 aliphatic carbocycles. The number of rotatable bonds is 0. The molecule has 3 aromatic rings. The predicted octanol–water partition coefficient (Wildman–Crippen LogP) is 3.53. The molecule has 2 aliphatic rings. The van der Waals surface area contributed by atoms with E-state index in [1.54, 1.807) is 0 Å². The number of benzene rings is 2. The van der Waals surface area contributed by atoms with Crippen LogP contribution in [0.4, 0.5) is 0 Å². The third-order valence-corrected chi connectivity index (χ3v) is 4.86. The molecular weight excluding hydrogens is 274 g/mol. The fourth-order valence-electron chi connectivity index (χ4n) is 3.91. The van der Waals surface area contributed by atoms with Crippen molar-refractivity contribution in [3.8, 4) is 11.4 Å². The van der Waals surface area contributed by atoms with Gasteiger partial charge in [0.25, 0.3) is 5.56 Å². The van der Waals surface area contributed by atoms with E-state index in [1.807, 2.05) is 41.8 Å². The number of fused-ring (bicyclic) bond motifs is 5. The molecule has 108 valence electrons. The van der Waals surface area contributed by atoms with Crippen LogP contribution in [-0.4, -0.2) is 11.2 Å². The first-order valence-corrected chi connectivity index (χ1v) is 7.67. The van der Waals surface area contributed by atoms with Gasteiger partial charge in [0.1, 0.15) is 5.75 Å². The summed E-state index contributed by atoms with van der Waals surface area (Å²) in [5, 5.41) is 1.69. The first kappa shape index (κ1) is 12.0. The summed E-state index contributed by atoms with van der Waals surface area (Å²) in [5.74, 6) is 1.17. The fraction of sp³-hybridized carbons (Fsp3) is 0.211. The minimum Gasteiger partial charge on any atom is -0.491 e. The predicted molar refractivity (Wildman–Crippen MR) is 86.2 cm³/mol. The van der Waals surface area contributed by atoms with Gasteiger partial charge in [0.05, 0.1) is 23.4 Å². The largest absolute Gasteiger partial charge is 0.491 e. The van der Waals surface area contributed by atoms with E-state index < -0.39 is 0 Å². The summed E-state index contributed by atoms with van der Waals surface area (Å²) in [6, 6.07) is 14.3. The van der Waals surface area contributed by atoms with Gasteiger partial charge in [0, 0.05) is 11.3 Å². The molecule has 22 heavy (non-hydrogen) atoms. The molecule has 3 nitrogen and oxygen atoms in total. The van der Waals surface area contributed by atoms with Crippen molar-refractivity contribution in [2.24, 2.45) is 0 Å². The van der Waals surface area contributed by atoms with Crippen molar-refractivity contribution < 1.29 is 4.74 Å². The number of hydrogen-bond donors (Lipinski definition) is 0. The van der Waals surface area contributed by atoms with Crippen LogP contribution < -0.4 is 10.3 Å². The zero-order chi connectivity index (χ0) is 14.8. The second-order valence-corrected chi connectivity index (χ2v) is 6.15. The maximum Gasteiger partial charge on any atom is 0.263 e. The van der Waals surface area contributed by atoms with Crippen LogP contribution in [0.1, 0.15) is 29.2 Å². The van der Waals surface area contributed by atoms with Crippen LogP contribution in [0, 0.1) is 6.92 Å². The molecule has 3 heteroatoms. The third-order valence-electron chi connectivity index (χ3n) is 4.86. The first-order chi connectivity index (χ1) is 10.8. The van der Waals surface area contributed by atoms with E-state index >= 15 is 0 Å². The minimum absolute atomic E-state index is 0.0675. The number of aromatic nitrogens is 1. The lowest BCUT2D eigenvalue weighted by atomic mass is 9.91. The Balaban J connectivity index is 2.03. The van der Waals surface area contributed by atoms with Crippen LogP contribution in [0.3, 0.4) is 0 Å². The quantitative estimate of drug-likeness (QED) is 0.634. The molecule has 2 aliphatic heterocycles. The zero-order valence-corrected chi connectivity index (χ0v) is 12.3. The van der Waals surface area contributed by atoms with E-state index in [2.05, 4.69) is 12.1 Å². The molecule has 0 N–H and O–H groups in total. The molecule has 0 spiro atoms. The van der Waals surface area contributed by atoms with Gasteiger partial charge in [0.2, 0.25) is 0 Å². The summed E-state index contributed by atoms with van der Waals surface area (Å²) in [6.07, 6.45) is 0.931. The van der Waals surface area contributed by atoms with Gasteiger partial charge < -0.3 is 4.74 Å². The third kappa shape index (κ3) is 1.34. The molecule has 2 aromatic carbocycles. The Bertz CT molecular complexity index is 1000. The van der Waals surface area contributed by atoms with Crippen LogP contribution >= 0.6 is 0 Å². The Morgan fingerprint density at radius 2 is 2.00 bits per heavy atom. The van der Waals surface area contributed by atoms with Crippen molar-refractivity contribution in [3.63, 3.8) is 0 Å². The lowest BCUT2D eigenvalue weighted by molar-refractivity contribution is 0.278. The molecule has 0 saturated carbocycles. The topological polar surface area (TPSA) is 31.2 Å².